The van der Waals surface area contributed by atoms with Crippen molar-refractivity contribution in [2.75, 3.05) is 13.1 Å². The van der Waals surface area contributed by atoms with Gasteiger partial charge >= 0.3 is 0 Å². The van der Waals surface area contributed by atoms with Gasteiger partial charge in [-0.15, -0.1) is 0 Å². The summed E-state index contributed by atoms with van der Waals surface area (Å²) in [5.74, 6) is 0. The van der Waals surface area contributed by atoms with Crippen LogP contribution in [0.4, 0.5) is 0 Å². The molecule has 0 spiro atoms. The van der Waals surface area contributed by atoms with Crippen LogP contribution < -0.4 is 5.32 Å². The maximum absolute atomic E-state index is 9.41. The van der Waals surface area contributed by atoms with E-state index in [2.05, 4.69) is 44.0 Å². The number of nitrogens with one attached hydrogen (secondary N) is 1. The van der Waals surface area contributed by atoms with Gasteiger partial charge in [0.25, 0.3) is 0 Å². The van der Waals surface area contributed by atoms with E-state index in [1.54, 1.807) is 0 Å². The lowest BCUT2D eigenvalue weighted by Crippen LogP contribution is -2.48. The summed E-state index contributed by atoms with van der Waals surface area (Å²) >= 11 is 0. The van der Waals surface area contributed by atoms with Crippen LogP contribution in [-0.2, 0) is 0 Å². The maximum Gasteiger partial charge on any atom is 0.105 e. The monoisotopic (exact) mass is 251 g/mol. The van der Waals surface area contributed by atoms with Gasteiger partial charge in [0.05, 0.1) is 6.07 Å². The van der Waals surface area contributed by atoms with Gasteiger partial charge in [0.15, 0.2) is 0 Å². The summed E-state index contributed by atoms with van der Waals surface area (Å²) in [5.41, 5.74) is -0.361. The summed E-state index contributed by atoms with van der Waals surface area (Å²) in [6.45, 7) is 11.0. The Bertz CT molecular complexity index is 280. The summed E-state index contributed by atoms with van der Waals surface area (Å²) in [7, 11) is 0. The molecule has 3 heteroatoms. The molecule has 104 valence electrons. The highest BCUT2D eigenvalue weighted by atomic mass is 15.2. The SMILES string of the molecule is CCCCN(CC)C(C)CC(C)(C#N)NC1CC1. The number of hydrogen-bond donors (Lipinski definition) is 1. The highest BCUT2D eigenvalue weighted by Gasteiger charge is 2.34. The van der Waals surface area contributed by atoms with Crippen molar-refractivity contribution in [3.05, 3.63) is 0 Å². The standard InChI is InChI=1S/C15H29N3/c1-5-7-10-18(6-2)13(3)11-15(4,12-16)17-14-8-9-14/h13-14,17H,5-11H2,1-4H3. The second-order valence-corrected chi connectivity index (χ2v) is 5.90. The number of nitriles is 1. The lowest BCUT2D eigenvalue weighted by molar-refractivity contribution is 0.181. The van der Waals surface area contributed by atoms with Crippen LogP contribution in [0.2, 0.25) is 0 Å². The highest BCUT2D eigenvalue weighted by Crippen LogP contribution is 2.25. The molecule has 3 nitrogen and oxygen atoms in total. The molecule has 1 saturated carbocycles. The van der Waals surface area contributed by atoms with E-state index in [0.717, 1.165) is 19.5 Å². The van der Waals surface area contributed by atoms with Gasteiger partial charge in [0.1, 0.15) is 5.54 Å². The fraction of sp³-hybridized carbons (Fsp3) is 0.933. The molecule has 0 aromatic heterocycles. The van der Waals surface area contributed by atoms with E-state index in [-0.39, 0.29) is 5.54 Å². The normalized spacial score (nSPS) is 20.4. The van der Waals surface area contributed by atoms with Crippen LogP contribution >= 0.6 is 0 Å². The van der Waals surface area contributed by atoms with E-state index in [1.165, 1.54) is 25.7 Å². The van der Waals surface area contributed by atoms with Crippen LogP contribution in [0, 0.1) is 11.3 Å². The summed E-state index contributed by atoms with van der Waals surface area (Å²) < 4.78 is 0. The Morgan fingerprint density at radius 1 is 1.44 bits per heavy atom. The first kappa shape index (κ1) is 15.5. The summed E-state index contributed by atoms with van der Waals surface area (Å²) in [4.78, 5) is 2.49. The topological polar surface area (TPSA) is 39.1 Å². The van der Waals surface area contributed by atoms with Gasteiger partial charge in [-0.2, -0.15) is 5.26 Å². The van der Waals surface area contributed by atoms with Gasteiger partial charge < -0.3 is 4.90 Å². The summed E-state index contributed by atoms with van der Waals surface area (Å²) in [6, 6.07) is 3.54. The minimum Gasteiger partial charge on any atom is -0.301 e. The van der Waals surface area contributed by atoms with E-state index < -0.39 is 0 Å². The van der Waals surface area contributed by atoms with Crippen LogP contribution in [0.3, 0.4) is 0 Å². The lowest BCUT2D eigenvalue weighted by Gasteiger charge is -2.33. The van der Waals surface area contributed by atoms with Gasteiger partial charge in [-0.25, -0.2) is 0 Å². The molecule has 1 aliphatic rings. The van der Waals surface area contributed by atoms with Crippen LogP contribution in [0.25, 0.3) is 0 Å². The third-order valence-electron chi connectivity index (χ3n) is 3.88. The van der Waals surface area contributed by atoms with Gasteiger partial charge in [-0.05, 0) is 52.6 Å². The Kier molecular flexibility index (Phi) is 6.11. The number of hydrogen-bond acceptors (Lipinski definition) is 3. The predicted octanol–water partition coefficient (Wildman–Crippen LogP) is 2.92. The Morgan fingerprint density at radius 2 is 2.11 bits per heavy atom. The molecule has 0 amide bonds. The zero-order valence-electron chi connectivity index (χ0n) is 12.5. The molecule has 18 heavy (non-hydrogen) atoms. The van der Waals surface area contributed by atoms with Gasteiger partial charge in [0, 0.05) is 12.1 Å². The second-order valence-electron chi connectivity index (χ2n) is 5.90. The minimum atomic E-state index is -0.361. The molecule has 0 aromatic rings. The quantitative estimate of drug-likeness (QED) is 0.685. The third-order valence-corrected chi connectivity index (χ3v) is 3.88. The molecule has 2 unspecified atom stereocenters. The molecule has 0 saturated heterocycles. The fourth-order valence-electron chi connectivity index (χ4n) is 2.59. The molecular weight excluding hydrogens is 222 g/mol. The average molecular weight is 251 g/mol. The maximum atomic E-state index is 9.41. The zero-order chi connectivity index (χ0) is 13.6. The molecule has 1 rings (SSSR count). The molecule has 1 fully saturated rings. The summed E-state index contributed by atoms with van der Waals surface area (Å²) in [5, 5.41) is 12.9. The largest absolute Gasteiger partial charge is 0.301 e. The van der Waals surface area contributed by atoms with E-state index >= 15 is 0 Å². The number of rotatable bonds is 9. The smallest absolute Gasteiger partial charge is 0.105 e. The molecular formula is C15H29N3. The van der Waals surface area contributed by atoms with Crippen molar-refractivity contribution < 1.29 is 0 Å². The molecule has 2 atom stereocenters. The van der Waals surface area contributed by atoms with Crippen molar-refractivity contribution in [1.29, 1.82) is 5.26 Å². The van der Waals surface area contributed by atoms with Gasteiger partial charge in [-0.3, -0.25) is 5.32 Å². The third kappa shape index (κ3) is 4.96. The van der Waals surface area contributed by atoms with Crippen LogP contribution in [0.5, 0.6) is 0 Å². The highest BCUT2D eigenvalue weighted by molar-refractivity contribution is 5.08. The van der Waals surface area contributed by atoms with Crippen LogP contribution in [0.15, 0.2) is 0 Å². The van der Waals surface area contributed by atoms with Crippen molar-refractivity contribution >= 4 is 0 Å². The van der Waals surface area contributed by atoms with E-state index in [1.807, 2.05) is 0 Å². The number of nitrogens with zero attached hydrogens (tertiary/aromatic N) is 2. The van der Waals surface area contributed by atoms with E-state index in [4.69, 9.17) is 0 Å². The Hall–Kier alpha value is -0.590. The first-order chi connectivity index (χ1) is 8.54. The number of unbranched alkanes of at least 4 members (excludes halogenated alkanes) is 1. The minimum absolute atomic E-state index is 0.361. The average Bonchev–Trinajstić information content (AvgIpc) is 3.13. The molecule has 0 radical (unpaired) electrons. The van der Waals surface area contributed by atoms with Crippen molar-refractivity contribution in [2.24, 2.45) is 0 Å². The molecule has 0 aromatic carbocycles. The molecule has 0 aliphatic heterocycles. The van der Waals surface area contributed by atoms with Crippen molar-refractivity contribution in [3.8, 4) is 6.07 Å². The predicted molar refractivity (Wildman–Crippen MR) is 76.4 cm³/mol. The van der Waals surface area contributed by atoms with E-state index in [0.29, 0.717) is 12.1 Å². The van der Waals surface area contributed by atoms with Crippen molar-refractivity contribution in [1.82, 2.24) is 10.2 Å². The first-order valence-corrected chi connectivity index (χ1v) is 7.47. The van der Waals surface area contributed by atoms with Gasteiger partial charge in [-0.1, -0.05) is 20.3 Å². The second kappa shape index (κ2) is 7.11. The summed E-state index contributed by atoms with van der Waals surface area (Å²) in [6.07, 6.45) is 5.87. The zero-order valence-corrected chi connectivity index (χ0v) is 12.5. The lowest BCUT2D eigenvalue weighted by atomic mass is 9.94. The molecule has 1 aliphatic carbocycles. The van der Waals surface area contributed by atoms with Crippen molar-refractivity contribution in [2.45, 2.75) is 77.4 Å². The molecule has 0 bridgehead atoms. The van der Waals surface area contributed by atoms with E-state index in [9.17, 15) is 5.26 Å². The first-order valence-electron chi connectivity index (χ1n) is 7.47. The molecule has 1 N–H and O–H groups in total. The van der Waals surface area contributed by atoms with Crippen LogP contribution in [-0.4, -0.2) is 35.6 Å². The Balaban J connectivity index is 2.47. The molecule has 0 heterocycles. The Morgan fingerprint density at radius 3 is 2.56 bits per heavy atom. The fourth-order valence-corrected chi connectivity index (χ4v) is 2.59. The van der Waals surface area contributed by atoms with Crippen molar-refractivity contribution in [3.63, 3.8) is 0 Å². The van der Waals surface area contributed by atoms with Crippen LogP contribution in [0.1, 0.15) is 59.8 Å². The van der Waals surface area contributed by atoms with Gasteiger partial charge in [0.2, 0.25) is 0 Å². The Labute approximate surface area is 113 Å².